The van der Waals surface area contributed by atoms with E-state index in [-0.39, 0.29) is 17.6 Å². The van der Waals surface area contributed by atoms with Crippen molar-refractivity contribution in [3.05, 3.63) is 63.9 Å². The van der Waals surface area contributed by atoms with Gasteiger partial charge in [-0.15, -0.1) is 0 Å². The van der Waals surface area contributed by atoms with E-state index in [1.807, 2.05) is 12.1 Å². The number of amides is 1. The summed E-state index contributed by atoms with van der Waals surface area (Å²) in [6.45, 7) is 0. The van der Waals surface area contributed by atoms with Gasteiger partial charge < -0.3 is 5.32 Å². The zero-order chi connectivity index (χ0) is 14.8. The van der Waals surface area contributed by atoms with Gasteiger partial charge in [0.15, 0.2) is 0 Å². The number of benzene rings is 2. The lowest BCUT2D eigenvalue weighted by Crippen LogP contribution is -2.28. The fraction of sp³-hybridized carbons (Fsp3) is 0.235. The molecule has 21 heavy (non-hydrogen) atoms. The average molecular weight is 348 g/mol. The summed E-state index contributed by atoms with van der Waals surface area (Å²) in [5, 5.41) is 2.81. The Balaban J connectivity index is 1.70. The van der Waals surface area contributed by atoms with E-state index in [4.69, 9.17) is 0 Å². The maximum Gasteiger partial charge on any atom is 0.227 e. The molecule has 2 aromatic carbocycles. The van der Waals surface area contributed by atoms with Gasteiger partial charge in [0.2, 0.25) is 5.91 Å². The number of hydrogen-bond donors (Lipinski definition) is 1. The summed E-state index contributed by atoms with van der Waals surface area (Å²) in [5.41, 5.74) is 3.07. The summed E-state index contributed by atoms with van der Waals surface area (Å²) in [7, 11) is 0. The van der Waals surface area contributed by atoms with Crippen LogP contribution in [0, 0.1) is 11.7 Å². The molecule has 1 aliphatic carbocycles. The SMILES string of the molecule is O=C(Nc1ccc(Br)c(F)c1)C1CCc2ccccc2C1. The molecule has 3 rings (SSSR count). The smallest absolute Gasteiger partial charge is 0.227 e. The molecule has 0 saturated carbocycles. The summed E-state index contributed by atoms with van der Waals surface area (Å²) >= 11 is 3.10. The Labute approximate surface area is 131 Å². The lowest BCUT2D eigenvalue weighted by molar-refractivity contribution is -0.120. The predicted octanol–water partition coefficient (Wildman–Crippen LogP) is 4.33. The zero-order valence-electron chi connectivity index (χ0n) is 11.4. The van der Waals surface area contributed by atoms with Gasteiger partial charge in [0.25, 0.3) is 0 Å². The minimum Gasteiger partial charge on any atom is -0.326 e. The van der Waals surface area contributed by atoms with E-state index >= 15 is 0 Å². The van der Waals surface area contributed by atoms with Crippen molar-refractivity contribution < 1.29 is 9.18 Å². The van der Waals surface area contributed by atoms with Gasteiger partial charge in [0, 0.05) is 11.6 Å². The van der Waals surface area contributed by atoms with Crippen molar-refractivity contribution in [3.8, 4) is 0 Å². The third-order valence-electron chi connectivity index (χ3n) is 3.90. The van der Waals surface area contributed by atoms with Gasteiger partial charge in [0.1, 0.15) is 5.82 Å². The van der Waals surface area contributed by atoms with Crippen LogP contribution in [0.15, 0.2) is 46.9 Å². The Morgan fingerprint density at radius 3 is 2.71 bits per heavy atom. The highest BCUT2D eigenvalue weighted by Crippen LogP contribution is 2.27. The summed E-state index contributed by atoms with van der Waals surface area (Å²) in [6, 6.07) is 12.9. The van der Waals surface area contributed by atoms with Crippen LogP contribution in [0.4, 0.5) is 10.1 Å². The molecule has 1 N–H and O–H groups in total. The molecule has 2 nitrogen and oxygen atoms in total. The standard InChI is InChI=1S/C17H15BrFNO/c18-15-8-7-14(10-16(15)19)20-17(21)13-6-5-11-3-1-2-4-12(11)9-13/h1-4,7-8,10,13H,5-6,9H2,(H,20,21). The van der Waals surface area contributed by atoms with Gasteiger partial charge in [-0.05, 0) is 64.5 Å². The summed E-state index contributed by atoms with van der Waals surface area (Å²) in [6.07, 6.45) is 2.51. The van der Waals surface area contributed by atoms with E-state index in [2.05, 4.69) is 33.4 Å². The number of anilines is 1. The molecule has 1 amide bonds. The van der Waals surface area contributed by atoms with Crippen LogP contribution >= 0.6 is 15.9 Å². The summed E-state index contributed by atoms with van der Waals surface area (Å²) < 4.78 is 13.9. The van der Waals surface area contributed by atoms with Gasteiger partial charge in [-0.25, -0.2) is 4.39 Å². The lowest BCUT2D eigenvalue weighted by Gasteiger charge is -2.23. The van der Waals surface area contributed by atoms with E-state index in [0.29, 0.717) is 10.2 Å². The Bertz CT molecular complexity index is 686. The molecule has 0 aliphatic heterocycles. The number of carbonyl (C=O) groups excluding carboxylic acids is 1. The van der Waals surface area contributed by atoms with E-state index < -0.39 is 0 Å². The van der Waals surface area contributed by atoms with Crippen molar-refractivity contribution in [2.45, 2.75) is 19.3 Å². The Morgan fingerprint density at radius 1 is 1.19 bits per heavy atom. The molecule has 4 heteroatoms. The molecule has 0 heterocycles. The number of nitrogens with one attached hydrogen (secondary N) is 1. The Hall–Kier alpha value is -1.68. The van der Waals surface area contributed by atoms with Crippen molar-refractivity contribution in [1.82, 2.24) is 0 Å². The molecule has 1 aliphatic rings. The van der Waals surface area contributed by atoms with Crippen LogP contribution in [0.1, 0.15) is 17.5 Å². The van der Waals surface area contributed by atoms with Crippen molar-refractivity contribution >= 4 is 27.5 Å². The number of rotatable bonds is 2. The largest absolute Gasteiger partial charge is 0.326 e. The monoisotopic (exact) mass is 347 g/mol. The van der Waals surface area contributed by atoms with Crippen LogP contribution in [0.25, 0.3) is 0 Å². The second kappa shape index (κ2) is 5.98. The highest BCUT2D eigenvalue weighted by Gasteiger charge is 2.24. The molecule has 2 aromatic rings. The number of halogens is 2. The second-order valence-corrected chi connectivity index (χ2v) is 6.18. The number of aryl methyl sites for hydroxylation is 1. The van der Waals surface area contributed by atoms with Crippen LogP contribution in [-0.4, -0.2) is 5.91 Å². The van der Waals surface area contributed by atoms with E-state index in [1.165, 1.54) is 17.2 Å². The fourth-order valence-corrected chi connectivity index (χ4v) is 2.99. The molecule has 0 aromatic heterocycles. The van der Waals surface area contributed by atoms with Crippen molar-refractivity contribution in [1.29, 1.82) is 0 Å². The lowest BCUT2D eigenvalue weighted by atomic mass is 9.83. The Morgan fingerprint density at radius 2 is 1.95 bits per heavy atom. The summed E-state index contributed by atoms with van der Waals surface area (Å²) in [4.78, 5) is 12.3. The third-order valence-corrected chi connectivity index (χ3v) is 4.55. The average Bonchev–Trinajstić information content (AvgIpc) is 2.50. The highest BCUT2D eigenvalue weighted by atomic mass is 79.9. The molecule has 0 spiro atoms. The molecular weight excluding hydrogens is 333 g/mol. The van der Waals surface area contributed by atoms with Crippen LogP contribution in [0.5, 0.6) is 0 Å². The normalized spacial score (nSPS) is 17.1. The van der Waals surface area contributed by atoms with Crippen molar-refractivity contribution in [2.24, 2.45) is 5.92 Å². The predicted molar refractivity (Wildman–Crippen MR) is 84.7 cm³/mol. The third kappa shape index (κ3) is 3.16. The minimum atomic E-state index is -0.373. The molecule has 108 valence electrons. The van der Waals surface area contributed by atoms with Crippen molar-refractivity contribution in [3.63, 3.8) is 0 Å². The minimum absolute atomic E-state index is 0.0359. The van der Waals surface area contributed by atoms with Crippen LogP contribution in [0.2, 0.25) is 0 Å². The molecule has 0 saturated heterocycles. The number of hydrogen-bond acceptors (Lipinski definition) is 1. The maximum absolute atomic E-state index is 13.5. The van der Waals surface area contributed by atoms with Gasteiger partial charge >= 0.3 is 0 Å². The molecule has 0 bridgehead atoms. The first-order valence-corrected chi connectivity index (χ1v) is 7.75. The first kappa shape index (κ1) is 14.3. The van der Waals surface area contributed by atoms with E-state index in [9.17, 15) is 9.18 Å². The maximum atomic E-state index is 13.5. The second-order valence-electron chi connectivity index (χ2n) is 5.33. The summed E-state index contributed by atoms with van der Waals surface area (Å²) in [5.74, 6) is -0.459. The highest BCUT2D eigenvalue weighted by molar-refractivity contribution is 9.10. The van der Waals surface area contributed by atoms with Crippen LogP contribution < -0.4 is 5.32 Å². The van der Waals surface area contributed by atoms with Gasteiger partial charge in [-0.2, -0.15) is 0 Å². The van der Waals surface area contributed by atoms with Gasteiger partial charge in [-0.3, -0.25) is 4.79 Å². The number of carbonyl (C=O) groups is 1. The zero-order valence-corrected chi connectivity index (χ0v) is 13.0. The topological polar surface area (TPSA) is 29.1 Å². The first-order valence-electron chi connectivity index (χ1n) is 6.96. The van der Waals surface area contributed by atoms with E-state index in [1.54, 1.807) is 12.1 Å². The quantitative estimate of drug-likeness (QED) is 0.860. The number of fused-ring (bicyclic) bond motifs is 1. The van der Waals surface area contributed by atoms with Gasteiger partial charge in [0.05, 0.1) is 4.47 Å². The van der Waals surface area contributed by atoms with Crippen LogP contribution in [-0.2, 0) is 17.6 Å². The molecule has 0 radical (unpaired) electrons. The fourth-order valence-electron chi connectivity index (χ4n) is 2.74. The Kier molecular flexibility index (Phi) is 4.06. The molecule has 0 fully saturated rings. The van der Waals surface area contributed by atoms with Gasteiger partial charge in [-0.1, -0.05) is 24.3 Å². The molecule has 1 atom stereocenters. The molecule has 1 unspecified atom stereocenters. The first-order chi connectivity index (χ1) is 10.1. The van der Waals surface area contributed by atoms with Crippen LogP contribution in [0.3, 0.4) is 0 Å². The van der Waals surface area contributed by atoms with Crippen molar-refractivity contribution in [2.75, 3.05) is 5.32 Å². The van der Waals surface area contributed by atoms with E-state index in [0.717, 1.165) is 19.3 Å². The molecular formula is C17H15BrFNO.